The Morgan fingerprint density at radius 3 is 2.67 bits per heavy atom. The number of hydrogen-bond acceptors (Lipinski definition) is 2. The van der Waals surface area contributed by atoms with Gasteiger partial charge in [-0.25, -0.2) is 0 Å². The van der Waals surface area contributed by atoms with E-state index in [0.717, 1.165) is 17.5 Å². The summed E-state index contributed by atoms with van der Waals surface area (Å²) in [6.45, 7) is 6.90. The monoisotopic (exact) mass is 231 g/mol. The van der Waals surface area contributed by atoms with Gasteiger partial charge in [0.1, 0.15) is 0 Å². The fourth-order valence-electron chi connectivity index (χ4n) is 1.43. The van der Waals surface area contributed by atoms with E-state index in [2.05, 4.69) is 19.2 Å². The van der Waals surface area contributed by atoms with E-state index < -0.39 is 0 Å². The summed E-state index contributed by atoms with van der Waals surface area (Å²) in [5, 5.41) is 3.55. The molecule has 0 spiro atoms. The molecule has 0 aliphatic heterocycles. The molecule has 3 heteroatoms. The van der Waals surface area contributed by atoms with Crippen LogP contribution in [0.15, 0.2) is 0 Å². The largest absolute Gasteiger partial charge is 0.356 e. The molecule has 0 radical (unpaired) electrons. The maximum Gasteiger partial charge on any atom is 0.216 e. The van der Waals surface area contributed by atoms with Crippen LogP contribution in [0.1, 0.15) is 52.9 Å². The Labute approximate surface area is 98.6 Å². The lowest BCUT2D eigenvalue weighted by molar-refractivity contribution is -0.118. The highest BCUT2D eigenvalue weighted by atomic mass is 32.2. The summed E-state index contributed by atoms with van der Waals surface area (Å²) >= 11 is 1.96. The minimum absolute atomic E-state index is 0.0752. The van der Waals surface area contributed by atoms with Crippen LogP contribution in [0.5, 0.6) is 0 Å². The summed E-state index contributed by atoms with van der Waals surface area (Å²) in [5.41, 5.74) is 0. The van der Waals surface area contributed by atoms with Gasteiger partial charge in [-0.1, -0.05) is 39.5 Å². The van der Waals surface area contributed by atoms with Crippen LogP contribution in [-0.2, 0) is 4.79 Å². The van der Waals surface area contributed by atoms with Crippen molar-refractivity contribution < 1.29 is 4.79 Å². The first kappa shape index (κ1) is 14.8. The Bertz CT molecular complexity index is 162. The van der Waals surface area contributed by atoms with E-state index in [-0.39, 0.29) is 5.91 Å². The highest BCUT2D eigenvalue weighted by Crippen LogP contribution is 2.16. The first-order chi connectivity index (χ1) is 7.16. The van der Waals surface area contributed by atoms with Crippen molar-refractivity contribution in [2.24, 2.45) is 0 Å². The van der Waals surface area contributed by atoms with Crippen LogP contribution in [0.4, 0.5) is 0 Å². The topological polar surface area (TPSA) is 29.1 Å². The third kappa shape index (κ3) is 11.7. The van der Waals surface area contributed by atoms with Gasteiger partial charge in [-0.05, 0) is 6.42 Å². The molecule has 1 N–H and O–H groups in total. The van der Waals surface area contributed by atoms with E-state index in [4.69, 9.17) is 0 Å². The highest BCUT2D eigenvalue weighted by Gasteiger charge is 2.02. The molecule has 0 heterocycles. The molecular weight excluding hydrogens is 206 g/mol. The number of hydrogen-bond donors (Lipinski definition) is 1. The molecule has 1 unspecified atom stereocenters. The lowest BCUT2D eigenvalue weighted by atomic mass is 10.1. The molecule has 2 nitrogen and oxygen atoms in total. The minimum atomic E-state index is 0.0752. The van der Waals surface area contributed by atoms with E-state index in [1.54, 1.807) is 6.92 Å². The molecule has 0 aliphatic carbocycles. The van der Waals surface area contributed by atoms with Gasteiger partial charge < -0.3 is 5.32 Å². The van der Waals surface area contributed by atoms with Gasteiger partial charge in [0.25, 0.3) is 0 Å². The van der Waals surface area contributed by atoms with Crippen molar-refractivity contribution in [3.63, 3.8) is 0 Å². The van der Waals surface area contributed by atoms with Gasteiger partial charge in [-0.3, -0.25) is 4.79 Å². The SMILES string of the molecule is CCCCCCC(C)SCCNC(C)=O. The van der Waals surface area contributed by atoms with Gasteiger partial charge in [0.2, 0.25) is 5.91 Å². The van der Waals surface area contributed by atoms with Gasteiger partial charge >= 0.3 is 0 Å². The lowest BCUT2D eigenvalue weighted by Gasteiger charge is -2.10. The van der Waals surface area contributed by atoms with Crippen LogP contribution < -0.4 is 5.32 Å². The summed E-state index contributed by atoms with van der Waals surface area (Å²) in [6, 6.07) is 0. The first-order valence-electron chi connectivity index (χ1n) is 6.02. The zero-order valence-electron chi connectivity index (χ0n) is 10.3. The van der Waals surface area contributed by atoms with E-state index in [9.17, 15) is 4.79 Å². The third-order valence-electron chi connectivity index (χ3n) is 2.34. The van der Waals surface area contributed by atoms with Gasteiger partial charge in [0.15, 0.2) is 0 Å². The number of nitrogens with one attached hydrogen (secondary N) is 1. The number of unbranched alkanes of at least 4 members (excludes halogenated alkanes) is 3. The number of carbonyl (C=O) groups is 1. The number of rotatable bonds is 9. The van der Waals surface area contributed by atoms with Crippen LogP contribution in [0.3, 0.4) is 0 Å². The molecule has 0 aromatic rings. The third-order valence-corrected chi connectivity index (χ3v) is 3.59. The molecule has 0 rings (SSSR count). The van der Waals surface area contributed by atoms with Crippen molar-refractivity contribution in [2.45, 2.75) is 58.1 Å². The molecule has 0 aliphatic rings. The van der Waals surface area contributed by atoms with Crippen molar-refractivity contribution in [3.05, 3.63) is 0 Å². The number of thioether (sulfide) groups is 1. The van der Waals surface area contributed by atoms with Crippen LogP contribution >= 0.6 is 11.8 Å². The fourth-order valence-corrected chi connectivity index (χ4v) is 2.38. The van der Waals surface area contributed by atoms with E-state index in [1.807, 2.05) is 11.8 Å². The van der Waals surface area contributed by atoms with Crippen molar-refractivity contribution >= 4 is 17.7 Å². The van der Waals surface area contributed by atoms with Crippen LogP contribution in [0.2, 0.25) is 0 Å². The second kappa shape index (κ2) is 10.3. The van der Waals surface area contributed by atoms with Crippen molar-refractivity contribution in [2.75, 3.05) is 12.3 Å². The first-order valence-corrected chi connectivity index (χ1v) is 7.07. The molecule has 90 valence electrons. The Hall–Kier alpha value is -0.180. The van der Waals surface area contributed by atoms with Gasteiger partial charge in [-0.15, -0.1) is 0 Å². The van der Waals surface area contributed by atoms with Crippen LogP contribution in [0.25, 0.3) is 0 Å². The average molecular weight is 231 g/mol. The molecule has 0 bridgehead atoms. The Morgan fingerprint density at radius 1 is 1.33 bits per heavy atom. The van der Waals surface area contributed by atoms with E-state index >= 15 is 0 Å². The maximum absolute atomic E-state index is 10.6. The molecule has 1 atom stereocenters. The van der Waals surface area contributed by atoms with Crippen molar-refractivity contribution in [1.82, 2.24) is 5.32 Å². The summed E-state index contributed by atoms with van der Waals surface area (Å²) in [6.07, 6.45) is 6.70. The minimum Gasteiger partial charge on any atom is -0.356 e. The molecule has 0 saturated carbocycles. The zero-order valence-corrected chi connectivity index (χ0v) is 11.2. The van der Waals surface area contributed by atoms with E-state index in [1.165, 1.54) is 32.1 Å². The molecule has 15 heavy (non-hydrogen) atoms. The second-order valence-corrected chi connectivity index (χ2v) is 5.56. The quantitative estimate of drug-likeness (QED) is 0.617. The average Bonchev–Trinajstić information content (AvgIpc) is 2.19. The van der Waals surface area contributed by atoms with Gasteiger partial charge in [-0.2, -0.15) is 11.8 Å². The zero-order chi connectivity index (χ0) is 11.5. The Kier molecular flexibility index (Phi) is 10.2. The van der Waals surface area contributed by atoms with Crippen molar-refractivity contribution in [1.29, 1.82) is 0 Å². The normalized spacial score (nSPS) is 12.5. The summed E-state index contributed by atoms with van der Waals surface area (Å²) in [7, 11) is 0. The molecule has 0 aromatic heterocycles. The second-order valence-electron chi connectivity index (χ2n) is 4.01. The van der Waals surface area contributed by atoms with Gasteiger partial charge in [0, 0.05) is 24.5 Å². The van der Waals surface area contributed by atoms with Crippen molar-refractivity contribution in [3.8, 4) is 0 Å². The Balaban J connectivity index is 3.18. The van der Waals surface area contributed by atoms with Gasteiger partial charge in [0.05, 0.1) is 0 Å². The predicted molar refractivity (Wildman–Crippen MR) is 69.4 cm³/mol. The lowest BCUT2D eigenvalue weighted by Crippen LogP contribution is -2.22. The molecule has 0 fully saturated rings. The summed E-state index contributed by atoms with van der Waals surface area (Å²) in [4.78, 5) is 10.6. The van der Waals surface area contributed by atoms with Crippen LogP contribution in [-0.4, -0.2) is 23.5 Å². The summed E-state index contributed by atoms with van der Waals surface area (Å²) < 4.78 is 0. The van der Waals surface area contributed by atoms with Crippen LogP contribution in [0, 0.1) is 0 Å². The molecular formula is C12H25NOS. The smallest absolute Gasteiger partial charge is 0.216 e. The maximum atomic E-state index is 10.6. The van der Waals surface area contributed by atoms with E-state index in [0.29, 0.717) is 0 Å². The fraction of sp³-hybridized carbons (Fsp3) is 0.917. The predicted octanol–water partition coefficient (Wildman–Crippen LogP) is 3.21. The number of carbonyl (C=O) groups excluding carboxylic acids is 1. The highest BCUT2D eigenvalue weighted by molar-refractivity contribution is 7.99. The Morgan fingerprint density at radius 2 is 2.07 bits per heavy atom. The standard InChI is InChI=1S/C12H25NOS/c1-4-5-6-7-8-11(2)15-10-9-13-12(3)14/h11H,4-10H2,1-3H3,(H,13,14). The molecule has 0 saturated heterocycles. The number of amides is 1. The molecule has 1 amide bonds. The molecule has 0 aromatic carbocycles. The summed E-state index contributed by atoms with van der Waals surface area (Å²) in [5.74, 6) is 1.11.